The van der Waals surface area contributed by atoms with Crippen LogP contribution in [-0.4, -0.2) is 27.6 Å². The lowest BCUT2D eigenvalue weighted by molar-refractivity contribution is 0.280. The lowest BCUT2D eigenvalue weighted by Gasteiger charge is -2.06. The molecule has 0 saturated heterocycles. The van der Waals surface area contributed by atoms with Crippen molar-refractivity contribution in [1.82, 2.24) is 4.98 Å². The Kier molecular flexibility index (Phi) is 5.49. The van der Waals surface area contributed by atoms with E-state index in [-0.39, 0.29) is 12.4 Å². The van der Waals surface area contributed by atoms with Gasteiger partial charge in [0.15, 0.2) is 0 Å². The van der Waals surface area contributed by atoms with Crippen LogP contribution in [0.5, 0.6) is 5.75 Å². The number of halogens is 2. The maximum Gasteiger partial charge on any atom is 0.145 e. The average molecular weight is 338 g/mol. The second-order valence-electron chi connectivity index (χ2n) is 4.42. The number of aromatic hydroxyl groups is 1. The minimum atomic E-state index is -0.258. The summed E-state index contributed by atoms with van der Waals surface area (Å²) in [5.41, 5.74) is 1.91. The second kappa shape index (κ2) is 7.35. The van der Waals surface area contributed by atoms with Gasteiger partial charge in [0.2, 0.25) is 0 Å². The number of aliphatic hydroxyl groups excluding tert-OH is 1. The molecule has 0 amide bonds. The van der Waals surface area contributed by atoms with Gasteiger partial charge >= 0.3 is 0 Å². The summed E-state index contributed by atoms with van der Waals surface area (Å²) in [5, 5.41) is 27.8. The van der Waals surface area contributed by atoms with Crippen molar-refractivity contribution in [1.29, 1.82) is 0 Å². The van der Waals surface area contributed by atoms with Gasteiger partial charge in [0.25, 0.3) is 0 Å². The van der Waals surface area contributed by atoms with Crippen molar-refractivity contribution in [3.05, 3.63) is 56.8 Å². The van der Waals surface area contributed by atoms with Crippen LogP contribution < -0.4 is 0 Å². The van der Waals surface area contributed by atoms with E-state index in [1.165, 1.54) is 18.6 Å². The molecule has 114 valence electrons. The van der Waals surface area contributed by atoms with Crippen molar-refractivity contribution in [2.24, 2.45) is 10.2 Å². The molecular weight excluding hydrogens is 325 g/mol. The first-order chi connectivity index (χ1) is 10.5. The van der Waals surface area contributed by atoms with Crippen molar-refractivity contribution in [3.8, 4) is 5.75 Å². The van der Waals surface area contributed by atoms with Gasteiger partial charge in [0.05, 0.1) is 34.8 Å². The zero-order chi connectivity index (χ0) is 16.1. The number of nitrogens with zero attached hydrogens (tertiary/aromatic N) is 3. The van der Waals surface area contributed by atoms with Crippen LogP contribution in [0.4, 0.5) is 0 Å². The molecule has 0 aliphatic heterocycles. The van der Waals surface area contributed by atoms with Crippen LogP contribution in [0.1, 0.15) is 22.4 Å². The predicted octanol–water partition coefficient (Wildman–Crippen LogP) is 3.35. The van der Waals surface area contributed by atoms with E-state index in [2.05, 4.69) is 15.2 Å². The summed E-state index contributed by atoms with van der Waals surface area (Å²) >= 11 is 11.9. The summed E-state index contributed by atoms with van der Waals surface area (Å²) in [6.07, 6.45) is 4.28. The smallest absolute Gasteiger partial charge is 0.145 e. The van der Waals surface area contributed by atoms with E-state index >= 15 is 0 Å². The largest absolute Gasteiger partial charge is 0.505 e. The molecule has 0 unspecified atom stereocenters. The van der Waals surface area contributed by atoms with Crippen molar-refractivity contribution in [2.75, 3.05) is 0 Å². The summed E-state index contributed by atoms with van der Waals surface area (Å²) in [5.74, 6) is -0.0358. The molecule has 22 heavy (non-hydrogen) atoms. The Morgan fingerprint density at radius 3 is 2.68 bits per heavy atom. The van der Waals surface area contributed by atoms with Crippen LogP contribution >= 0.6 is 23.2 Å². The number of aromatic nitrogens is 1. The molecule has 0 bridgehead atoms. The summed E-state index contributed by atoms with van der Waals surface area (Å²) in [7, 11) is 0. The highest BCUT2D eigenvalue weighted by Crippen LogP contribution is 2.24. The Balaban J connectivity index is 2.25. The number of pyridine rings is 1. The Bertz CT molecular complexity index is 746. The molecule has 2 rings (SSSR count). The van der Waals surface area contributed by atoms with Crippen LogP contribution in [0.25, 0.3) is 0 Å². The van der Waals surface area contributed by atoms with Crippen LogP contribution in [0.3, 0.4) is 0 Å². The Hall–Kier alpha value is -1.95. The molecule has 0 radical (unpaired) electrons. The average Bonchev–Trinajstić information content (AvgIpc) is 2.51. The summed E-state index contributed by atoms with van der Waals surface area (Å²) < 4.78 is 0. The number of hydrogen-bond acceptors (Lipinski definition) is 5. The molecule has 1 aromatic heterocycles. The lowest BCUT2D eigenvalue weighted by atomic mass is 10.1. The van der Waals surface area contributed by atoms with Crippen LogP contribution in [-0.2, 0) is 6.61 Å². The molecule has 0 aliphatic rings. The zero-order valence-corrected chi connectivity index (χ0v) is 13.2. The first kappa shape index (κ1) is 16.4. The molecule has 0 saturated carbocycles. The monoisotopic (exact) mass is 337 g/mol. The van der Waals surface area contributed by atoms with Crippen LogP contribution in [0.2, 0.25) is 10.0 Å². The maximum atomic E-state index is 9.95. The minimum Gasteiger partial charge on any atom is -0.505 e. The molecule has 0 fully saturated rings. The van der Waals surface area contributed by atoms with Crippen molar-refractivity contribution >= 4 is 35.6 Å². The Morgan fingerprint density at radius 2 is 1.95 bits per heavy atom. The van der Waals surface area contributed by atoms with Crippen LogP contribution in [0.15, 0.2) is 34.6 Å². The third kappa shape index (κ3) is 3.62. The quantitative estimate of drug-likeness (QED) is 0.663. The van der Waals surface area contributed by atoms with Crippen molar-refractivity contribution in [2.45, 2.75) is 13.5 Å². The van der Waals surface area contributed by atoms with Gasteiger partial charge in [-0.2, -0.15) is 10.2 Å². The zero-order valence-electron chi connectivity index (χ0n) is 11.7. The van der Waals surface area contributed by atoms with E-state index in [9.17, 15) is 10.2 Å². The highest BCUT2D eigenvalue weighted by Gasteiger charge is 2.09. The van der Waals surface area contributed by atoms with Gasteiger partial charge in [0.1, 0.15) is 5.75 Å². The Labute approximate surface area is 137 Å². The van der Waals surface area contributed by atoms with Crippen molar-refractivity contribution in [3.63, 3.8) is 0 Å². The number of benzene rings is 1. The molecule has 1 aromatic carbocycles. The SMILES string of the molecule is Cc1ncc(CO)c(/C=N\N=C/c2cccc(Cl)c2Cl)c1O. The number of rotatable bonds is 4. The highest BCUT2D eigenvalue weighted by molar-refractivity contribution is 6.43. The first-order valence-electron chi connectivity index (χ1n) is 6.33. The molecule has 2 N–H and O–H groups in total. The van der Waals surface area contributed by atoms with E-state index in [0.717, 1.165) is 0 Å². The van der Waals surface area contributed by atoms with E-state index in [1.807, 2.05) is 0 Å². The van der Waals surface area contributed by atoms with Gasteiger partial charge in [0, 0.05) is 22.9 Å². The van der Waals surface area contributed by atoms with Crippen molar-refractivity contribution < 1.29 is 10.2 Å². The third-order valence-electron chi connectivity index (χ3n) is 2.96. The fourth-order valence-electron chi connectivity index (χ4n) is 1.73. The molecule has 7 heteroatoms. The molecule has 2 aromatic rings. The molecule has 1 heterocycles. The van der Waals surface area contributed by atoms with Gasteiger partial charge in [-0.15, -0.1) is 0 Å². The molecule has 0 atom stereocenters. The third-order valence-corrected chi connectivity index (χ3v) is 3.79. The van der Waals surface area contributed by atoms with Gasteiger partial charge in [-0.05, 0) is 13.0 Å². The number of aliphatic hydroxyl groups is 1. The first-order valence-corrected chi connectivity index (χ1v) is 7.09. The maximum absolute atomic E-state index is 9.95. The lowest BCUT2D eigenvalue weighted by Crippen LogP contribution is -1.97. The summed E-state index contributed by atoms with van der Waals surface area (Å²) in [4.78, 5) is 3.97. The van der Waals surface area contributed by atoms with E-state index in [1.54, 1.807) is 25.1 Å². The van der Waals surface area contributed by atoms with Gasteiger partial charge in [-0.1, -0.05) is 35.3 Å². The van der Waals surface area contributed by atoms with Crippen LogP contribution in [0, 0.1) is 6.92 Å². The topological polar surface area (TPSA) is 78.1 Å². The Morgan fingerprint density at radius 1 is 1.23 bits per heavy atom. The predicted molar refractivity (Wildman–Crippen MR) is 88.2 cm³/mol. The van der Waals surface area contributed by atoms with Gasteiger partial charge in [-0.25, -0.2) is 0 Å². The summed E-state index contributed by atoms with van der Waals surface area (Å²) in [6, 6.07) is 5.18. The second-order valence-corrected chi connectivity index (χ2v) is 5.21. The normalized spacial score (nSPS) is 11.6. The number of hydrogen-bond donors (Lipinski definition) is 2. The fourth-order valence-corrected chi connectivity index (χ4v) is 2.09. The standard InChI is InChI=1S/C15H13Cl2N3O2/c1-9-15(22)12(11(8-21)5-18-9)7-20-19-6-10-3-2-4-13(16)14(10)17/h2-7,21-22H,8H2,1H3/b19-6-,20-7-. The highest BCUT2D eigenvalue weighted by atomic mass is 35.5. The molecule has 5 nitrogen and oxygen atoms in total. The van der Waals surface area contributed by atoms with E-state index in [0.29, 0.717) is 32.4 Å². The molecule has 0 aliphatic carbocycles. The van der Waals surface area contributed by atoms with E-state index in [4.69, 9.17) is 23.2 Å². The fraction of sp³-hybridized carbons (Fsp3) is 0.133. The molecule has 0 spiro atoms. The summed E-state index contributed by atoms with van der Waals surface area (Å²) in [6.45, 7) is 1.40. The van der Waals surface area contributed by atoms with Gasteiger partial charge < -0.3 is 10.2 Å². The van der Waals surface area contributed by atoms with Gasteiger partial charge in [-0.3, -0.25) is 4.98 Å². The van der Waals surface area contributed by atoms with E-state index < -0.39 is 0 Å². The number of aryl methyl sites for hydroxylation is 1. The minimum absolute atomic E-state index is 0.0358. The molecular formula is C15H13Cl2N3O2.